The Morgan fingerprint density at radius 2 is 2.18 bits per heavy atom. The number of carboxylic acid groups (broad SMARTS) is 1. The minimum Gasteiger partial charge on any atom is -0.476 e. The number of piperidine rings is 1. The Labute approximate surface area is 105 Å². The molecule has 1 N–H and O–H groups in total. The molecular formula is C12H18N2O2S. The van der Waals surface area contributed by atoms with Crippen molar-refractivity contribution in [2.24, 2.45) is 11.8 Å². The molecule has 0 saturated carbocycles. The van der Waals surface area contributed by atoms with E-state index in [1.54, 1.807) is 5.38 Å². The van der Waals surface area contributed by atoms with Gasteiger partial charge in [0, 0.05) is 18.5 Å². The van der Waals surface area contributed by atoms with E-state index in [0.29, 0.717) is 0 Å². The van der Waals surface area contributed by atoms with Crippen LogP contribution < -0.4 is 4.90 Å². The van der Waals surface area contributed by atoms with E-state index in [4.69, 9.17) is 5.11 Å². The monoisotopic (exact) mass is 254 g/mol. The van der Waals surface area contributed by atoms with Crippen molar-refractivity contribution in [3.8, 4) is 0 Å². The third kappa shape index (κ3) is 2.77. The van der Waals surface area contributed by atoms with Gasteiger partial charge in [0.15, 0.2) is 10.8 Å². The quantitative estimate of drug-likeness (QED) is 0.901. The first-order valence-corrected chi connectivity index (χ1v) is 6.89. The molecule has 0 aromatic carbocycles. The van der Waals surface area contributed by atoms with Gasteiger partial charge in [0.25, 0.3) is 0 Å². The van der Waals surface area contributed by atoms with E-state index in [-0.39, 0.29) is 5.69 Å². The summed E-state index contributed by atoms with van der Waals surface area (Å²) in [4.78, 5) is 17.1. The molecule has 0 radical (unpaired) electrons. The molecule has 1 saturated heterocycles. The Bertz CT molecular complexity index is 395. The van der Waals surface area contributed by atoms with Crippen LogP contribution in [0.2, 0.25) is 0 Å². The average Bonchev–Trinajstić information content (AvgIpc) is 2.78. The molecule has 1 aromatic heterocycles. The van der Waals surface area contributed by atoms with Crippen molar-refractivity contribution in [2.45, 2.75) is 26.7 Å². The molecule has 0 atom stereocenters. The number of anilines is 1. The van der Waals surface area contributed by atoms with Gasteiger partial charge in [0.1, 0.15) is 0 Å². The SMILES string of the molecule is CC(C)C1CCN(c2nc(C(=O)O)cs2)CC1. The van der Waals surface area contributed by atoms with Gasteiger partial charge >= 0.3 is 5.97 Å². The normalized spacial score (nSPS) is 17.7. The maximum absolute atomic E-state index is 10.8. The average molecular weight is 254 g/mol. The number of aromatic nitrogens is 1. The highest BCUT2D eigenvalue weighted by Crippen LogP contribution is 2.29. The number of carboxylic acids is 1. The molecule has 1 aliphatic rings. The van der Waals surface area contributed by atoms with Gasteiger partial charge in [-0.15, -0.1) is 11.3 Å². The largest absolute Gasteiger partial charge is 0.476 e. The molecule has 1 aliphatic heterocycles. The van der Waals surface area contributed by atoms with Crippen LogP contribution in [0.15, 0.2) is 5.38 Å². The molecule has 4 nitrogen and oxygen atoms in total. The second-order valence-electron chi connectivity index (χ2n) is 4.89. The van der Waals surface area contributed by atoms with Crippen molar-refractivity contribution in [2.75, 3.05) is 18.0 Å². The Hall–Kier alpha value is -1.10. The first-order valence-electron chi connectivity index (χ1n) is 6.01. The van der Waals surface area contributed by atoms with E-state index < -0.39 is 5.97 Å². The molecule has 0 amide bonds. The molecule has 0 spiro atoms. The third-order valence-corrected chi connectivity index (χ3v) is 4.37. The lowest BCUT2D eigenvalue weighted by atomic mass is 9.87. The lowest BCUT2D eigenvalue weighted by molar-refractivity contribution is 0.0691. The Morgan fingerprint density at radius 1 is 1.53 bits per heavy atom. The van der Waals surface area contributed by atoms with Gasteiger partial charge in [0.05, 0.1) is 0 Å². The van der Waals surface area contributed by atoms with Crippen LogP contribution in [0.5, 0.6) is 0 Å². The van der Waals surface area contributed by atoms with Crippen molar-refractivity contribution >= 4 is 22.4 Å². The topological polar surface area (TPSA) is 53.4 Å². The van der Waals surface area contributed by atoms with E-state index in [1.165, 1.54) is 24.2 Å². The highest BCUT2D eigenvalue weighted by molar-refractivity contribution is 7.13. The van der Waals surface area contributed by atoms with Crippen LogP contribution in [-0.4, -0.2) is 29.1 Å². The van der Waals surface area contributed by atoms with Crippen molar-refractivity contribution in [3.63, 3.8) is 0 Å². The second kappa shape index (κ2) is 5.04. The molecular weight excluding hydrogens is 236 g/mol. The van der Waals surface area contributed by atoms with Gasteiger partial charge in [-0.25, -0.2) is 9.78 Å². The summed E-state index contributed by atoms with van der Waals surface area (Å²) in [6, 6.07) is 0. The van der Waals surface area contributed by atoms with Crippen LogP contribution in [-0.2, 0) is 0 Å². The van der Waals surface area contributed by atoms with Crippen molar-refractivity contribution < 1.29 is 9.90 Å². The fourth-order valence-corrected chi connectivity index (χ4v) is 3.12. The van der Waals surface area contributed by atoms with Crippen LogP contribution in [0.4, 0.5) is 5.13 Å². The predicted molar refractivity (Wildman–Crippen MR) is 68.8 cm³/mol. The van der Waals surface area contributed by atoms with E-state index in [0.717, 1.165) is 30.1 Å². The maximum atomic E-state index is 10.8. The summed E-state index contributed by atoms with van der Waals surface area (Å²) >= 11 is 1.43. The molecule has 1 fully saturated rings. The van der Waals surface area contributed by atoms with Gasteiger partial charge in [-0.3, -0.25) is 0 Å². The molecule has 94 valence electrons. The number of hydrogen-bond acceptors (Lipinski definition) is 4. The van der Waals surface area contributed by atoms with Gasteiger partial charge in [-0.2, -0.15) is 0 Å². The van der Waals surface area contributed by atoms with Gasteiger partial charge < -0.3 is 10.0 Å². The fraction of sp³-hybridized carbons (Fsp3) is 0.667. The number of carbonyl (C=O) groups is 1. The predicted octanol–water partition coefficient (Wildman–Crippen LogP) is 2.71. The zero-order chi connectivity index (χ0) is 12.4. The molecule has 5 heteroatoms. The highest BCUT2D eigenvalue weighted by Gasteiger charge is 2.23. The lowest BCUT2D eigenvalue weighted by Crippen LogP contribution is -2.35. The van der Waals surface area contributed by atoms with Crippen LogP contribution in [0.3, 0.4) is 0 Å². The minimum atomic E-state index is -0.940. The summed E-state index contributed by atoms with van der Waals surface area (Å²) in [6.07, 6.45) is 2.36. The summed E-state index contributed by atoms with van der Waals surface area (Å²) in [7, 11) is 0. The summed E-state index contributed by atoms with van der Waals surface area (Å²) in [5, 5.41) is 11.3. The maximum Gasteiger partial charge on any atom is 0.355 e. The molecule has 0 bridgehead atoms. The summed E-state index contributed by atoms with van der Waals surface area (Å²) in [5.74, 6) is 0.595. The standard InChI is InChI=1S/C12H18N2O2S/c1-8(2)9-3-5-14(6-4-9)12-13-10(7-17-12)11(15)16/h7-9H,3-6H2,1-2H3,(H,15,16). The van der Waals surface area contributed by atoms with E-state index >= 15 is 0 Å². The first-order chi connectivity index (χ1) is 8.08. The molecule has 17 heavy (non-hydrogen) atoms. The fourth-order valence-electron chi connectivity index (χ4n) is 2.27. The van der Waals surface area contributed by atoms with E-state index in [9.17, 15) is 4.79 Å². The van der Waals surface area contributed by atoms with Gasteiger partial charge in [-0.1, -0.05) is 13.8 Å². The smallest absolute Gasteiger partial charge is 0.355 e. The Kier molecular flexibility index (Phi) is 3.66. The number of hydrogen-bond donors (Lipinski definition) is 1. The lowest BCUT2D eigenvalue weighted by Gasteiger charge is -2.33. The Balaban J connectivity index is 1.98. The molecule has 2 rings (SSSR count). The van der Waals surface area contributed by atoms with Crippen molar-refractivity contribution in [1.29, 1.82) is 0 Å². The second-order valence-corrected chi connectivity index (χ2v) is 5.73. The number of aromatic carboxylic acids is 1. The van der Waals surface area contributed by atoms with Gasteiger partial charge in [0.2, 0.25) is 0 Å². The number of rotatable bonds is 3. The van der Waals surface area contributed by atoms with Crippen LogP contribution in [0, 0.1) is 11.8 Å². The molecule has 0 unspecified atom stereocenters. The highest BCUT2D eigenvalue weighted by atomic mass is 32.1. The van der Waals surface area contributed by atoms with Crippen molar-refractivity contribution in [3.05, 3.63) is 11.1 Å². The summed E-state index contributed by atoms with van der Waals surface area (Å²) in [6.45, 7) is 6.53. The van der Waals surface area contributed by atoms with E-state index in [1.807, 2.05) is 0 Å². The van der Waals surface area contributed by atoms with Gasteiger partial charge in [-0.05, 0) is 24.7 Å². The van der Waals surface area contributed by atoms with Crippen molar-refractivity contribution in [1.82, 2.24) is 4.98 Å². The van der Waals surface area contributed by atoms with Crippen LogP contribution in [0.1, 0.15) is 37.2 Å². The Morgan fingerprint density at radius 3 is 2.65 bits per heavy atom. The minimum absolute atomic E-state index is 0.163. The summed E-state index contributed by atoms with van der Waals surface area (Å²) in [5.41, 5.74) is 0.163. The molecule has 1 aromatic rings. The summed E-state index contributed by atoms with van der Waals surface area (Å²) < 4.78 is 0. The van der Waals surface area contributed by atoms with E-state index in [2.05, 4.69) is 23.7 Å². The first kappa shape index (κ1) is 12.4. The zero-order valence-electron chi connectivity index (χ0n) is 10.2. The third-order valence-electron chi connectivity index (χ3n) is 3.46. The molecule has 0 aliphatic carbocycles. The zero-order valence-corrected chi connectivity index (χ0v) is 11.0. The number of thiazole rings is 1. The van der Waals surface area contributed by atoms with Crippen LogP contribution >= 0.6 is 11.3 Å². The van der Waals surface area contributed by atoms with Crippen LogP contribution in [0.25, 0.3) is 0 Å². The molecule has 2 heterocycles. The number of nitrogens with zero attached hydrogens (tertiary/aromatic N) is 2.